The van der Waals surface area contributed by atoms with Gasteiger partial charge in [-0.25, -0.2) is 0 Å². The molecule has 0 saturated heterocycles. The van der Waals surface area contributed by atoms with Gasteiger partial charge in [-0.3, -0.25) is 9.78 Å². The van der Waals surface area contributed by atoms with Crippen LogP contribution in [0.15, 0.2) is 42.9 Å². The fraction of sp³-hybridized carbons (Fsp3) is 0.333. The molecule has 1 unspecified atom stereocenters. The van der Waals surface area contributed by atoms with Gasteiger partial charge in [-0.15, -0.1) is 0 Å². The largest absolute Gasteiger partial charge is 0.394 e. The molecule has 2 aromatic heterocycles. The highest BCUT2D eigenvalue weighted by Crippen LogP contribution is 2.14. The highest BCUT2D eigenvalue weighted by atomic mass is 16.3. The van der Waals surface area contributed by atoms with Gasteiger partial charge >= 0.3 is 0 Å². The van der Waals surface area contributed by atoms with Crippen molar-refractivity contribution in [3.63, 3.8) is 0 Å². The summed E-state index contributed by atoms with van der Waals surface area (Å²) in [5.41, 5.74) is 1.40. The van der Waals surface area contributed by atoms with E-state index >= 15 is 0 Å². The monoisotopic (exact) mass is 273 g/mol. The predicted octanol–water partition coefficient (Wildman–Crippen LogP) is 1.82. The first-order chi connectivity index (χ1) is 9.76. The normalized spacial score (nSPS) is 12.1. The van der Waals surface area contributed by atoms with E-state index in [1.54, 1.807) is 29.6 Å². The molecule has 5 nitrogen and oxygen atoms in total. The summed E-state index contributed by atoms with van der Waals surface area (Å²) in [6, 6.07) is 7.13. The molecule has 5 heteroatoms. The quantitative estimate of drug-likeness (QED) is 0.843. The third kappa shape index (κ3) is 3.24. The van der Waals surface area contributed by atoms with Gasteiger partial charge in [0, 0.05) is 18.6 Å². The van der Waals surface area contributed by atoms with Crippen molar-refractivity contribution in [1.29, 1.82) is 0 Å². The molecule has 1 amide bonds. The number of rotatable bonds is 6. The van der Waals surface area contributed by atoms with E-state index in [0.29, 0.717) is 18.5 Å². The lowest BCUT2D eigenvalue weighted by Gasteiger charge is -2.29. The minimum atomic E-state index is -0.209. The predicted molar refractivity (Wildman–Crippen MR) is 76.1 cm³/mol. The van der Waals surface area contributed by atoms with Crippen LogP contribution in [0.5, 0.6) is 0 Å². The molecule has 1 atom stereocenters. The van der Waals surface area contributed by atoms with E-state index in [-0.39, 0.29) is 18.6 Å². The van der Waals surface area contributed by atoms with E-state index in [1.807, 2.05) is 25.1 Å². The molecule has 0 aliphatic heterocycles. The lowest BCUT2D eigenvalue weighted by molar-refractivity contribution is 0.0560. The summed E-state index contributed by atoms with van der Waals surface area (Å²) in [6.45, 7) is 2.29. The second-order valence-electron chi connectivity index (χ2n) is 4.60. The molecule has 106 valence electrons. The zero-order valence-corrected chi connectivity index (χ0v) is 11.5. The molecule has 0 saturated carbocycles. The number of aromatic amines is 1. The molecule has 2 aromatic rings. The number of hydrogen-bond acceptors (Lipinski definition) is 3. The van der Waals surface area contributed by atoms with Crippen molar-refractivity contribution >= 4 is 5.91 Å². The molecule has 0 radical (unpaired) electrons. The molecule has 0 aliphatic rings. The highest BCUT2D eigenvalue weighted by molar-refractivity contribution is 5.94. The number of aliphatic hydroxyl groups excluding tert-OH is 1. The van der Waals surface area contributed by atoms with E-state index in [2.05, 4.69) is 9.97 Å². The van der Waals surface area contributed by atoms with E-state index in [0.717, 1.165) is 5.69 Å². The molecule has 0 aromatic carbocycles. The number of carbonyl (C=O) groups excluding carboxylic acids is 1. The summed E-state index contributed by atoms with van der Waals surface area (Å²) in [4.78, 5) is 21.3. The number of pyridine rings is 1. The van der Waals surface area contributed by atoms with Crippen LogP contribution < -0.4 is 0 Å². The van der Waals surface area contributed by atoms with Crippen LogP contribution in [0.1, 0.15) is 29.4 Å². The van der Waals surface area contributed by atoms with E-state index in [4.69, 9.17) is 0 Å². The Balaban J connectivity index is 2.23. The summed E-state index contributed by atoms with van der Waals surface area (Å²) in [7, 11) is 0. The van der Waals surface area contributed by atoms with Crippen LogP contribution in [0.2, 0.25) is 0 Å². The zero-order valence-electron chi connectivity index (χ0n) is 11.5. The van der Waals surface area contributed by atoms with Crippen molar-refractivity contribution in [2.24, 2.45) is 0 Å². The first-order valence-electron chi connectivity index (χ1n) is 6.70. The molecule has 2 N–H and O–H groups in total. The van der Waals surface area contributed by atoms with Crippen LogP contribution in [0.3, 0.4) is 0 Å². The number of nitrogens with one attached hydrogen (secondary N) is 1. The van der Waals surface area contributed by atoms with Gasteiger partial charge in [0.2, 0.25) is 0 Å². The van der Waals surface area contributed by atoms with Crippen molar-refractivity contribution in [2.75, 3.05) is 6.61 Å². The maximum absolute atomic E-state index is 12.5. The second kappa shape index (κ2) is 6.86. The zero-order chi connectivity index (χ0) is 14.4. The first-order valence-corrected chi connectivity index (χ1v) is 6.70. The number of aliphatic hydroxyl groups is 1. The smallest absolute Gasteiger partial charge is 0.256 e. The minimum absolute atomic E-state index is 0.0561. The van der Waals surface area contributed by atoms with E-state index < -0.39 is 0 Å². The van der Waals surface area contributed by atoms with Gasteiger partial charge in [0.05, 0.1) is 30.5 Å². The average Bonchev–Trinajstić information content (AvgIpc) is 3.02. The van der Waals surface area contributed by atoms with Crippen LogP contribution in [0.4, 0.5) is 0 Å². The standard InChI is InChI=1S/C15H19N3O2/c1-2-14(11-19)18(10-13-5-3-4-7-17-13)15(20)12-6-8-16-9-12/h3-9,14,16,19H,2,10-11H2,1H3. The molecule has 0 bridgehead atoms. The Morgan fingerprint density at radius 2 is 2.30 bits per heavy atom. The molecular weight excluding hydrogens is 254 g/mol. The van der Waals surface area contributed by atoms with Crippen LogP contribution in [0.25, 0.3) is 0 Å². The molecule has 20 heavy (non-hydrogen) atoms. The van der Waals surface area contributed by atoms with Crippen molar-refractivity contribution in [2.45, 2.75) is 25.9 Å². The summed E-state index contributed by atoms with van der Waals surface area (Å²) < 4.78 is 0. The highest BCUT2D eigenvalue weighted by Gasteiger charge is 2.23. The summed E-state index contributed by atoms with van der Waals surface area (Å²) >= 11 is 0. The third-order valence-electron chi connectivity index (χ3n) is 3.29. The van der Waals surface area contributed by atoms with Crippen molar-refractivity contribution in [1.82, 2.24) is 14.9 Å². The fourth-order valence-corrected chi connectivity index (χ4v) is 2.10. The van der Waals surface area contributed by atoms with Crippen LogP contribution >= 0.6 is 0 Å². The molecule has 2 rings (SSSR count). The topological polar surface area (TPSA) is 69.2 Å². The van der Waals surface area contributed by atoms with Crippen molar-refractivity contribution in [3.05, 3.63) is 54.1 Å². The number of carbonyl (C=O) groups is 1. The number of aromatic nitrogens is 2. The molecule has 0 fully saturated rings. The summed E-state index contributed by atoms with van der Waals surface area (Å²) in [5.74, 6) is -0.0993. The maximum Gasteiger partial charge on any atom is 0.256 e. The molecular formula is C15H19N3O2. The third-order valence-corrected chi connectivity index (χ3v) is 3.29. The van der Waals surface area contributed by atoms with Gasteiger partial charge in [-0.05, 0) is 24.6 Å². The van der Waals surface area contributed by atoms with Gasteiger partial charge in [-0.1, -0.05) is 13.0 Å². The Morgan fingerprint density at radius 1 is 1.45 bits per heavy atom. The Kier molecular flexibility index (Phi) is 4.90. The van der Waals surface area contributed by atoms with E-state index in [1.165, 1.54) is 0 Å². The molecule has 0 spiro atoms. The van der Waals surface area contributed by atoms with Gasteiger partial charge in [-0.2, -0.15) is 0 Å². The van der Waals surface area contributed by atoms with Gasteiger partial charge in [0.15, 0.2) is 0 Å². The molecule has 2 heterocycles. The van der Waals surface area contributed by atoms with Crippen LogP contribution in [0, 0.1) is 0 Å². The number of nitrogens with zero attached hydrogens (tertiary/aromatic N) is 2. The second-order valence-corrected chi connectivity index (χ2v) is 4.60. The SMILES string of the molecule is CCC(CO)N(Cc1ccccn1)C(=O)c1cc[nH]c1. The minimum Gasteiger partial charge on any atom is -0.394 e. The van der Waals surface area contributed by atoms with Gasteiger partial charge in [0.25, 0.3) is 5.91 Å². The Morgan fingerprint density at radius 3 is 2.85 bits per heavy atom. The first kappa shape index (κ1) is 14.3. The van der Waals surface area contributed by atoms with Crippen LogP contribution in [-0.2, 0) is 6.54 Å². The number of hydrogen-bond donors (Lipinski definition) is 2. The summed E-state index contributed by atoms with van der Waals surface area (Å²) in [6.07, 6.45) is 5.78. The Hall–Kier alpha value is -2.14. The lowest BCUT2D eigenvalue weighted by atomic mass is 10.1. The number of H-pyrrole nitrogens is 1. The van der Waals surface area contributed by atoms with E-state index in [9.17, 15) is 9.90 Å². The van der Waals surface area contributed by atoms with Gasteiger partial charge < -0.3 is 15.0 Å². The Labute approximate surface area is 118 Å². The maximum atomic E-state index is 12.5. The van der Waals surface area contributed by atoms with Crippen LogP contribution in [-0.4, -0.2) is 38.5 Å². The van der Waals surface area contributed by atoms with Gasteiger partial charge in [0.1, 0.15) is 0 Å². The molecule has 0 aliphatic carbocycles. The fourth-order valence-electron chi connectivity index (χ4n) is 2.10. The van der Waals surface area contributed by atoms with Crippen molar-refractivity contribution < 1.29 is 9.90 Å². The number of amides is 1. The summed E-state index contributed by atoms with van der Waals surface area (Å²) in [5, 5.41) is 9.50. The lowest BCUT2D eigenvalue weighted by Crippen LogP contribution is -2.41. The Bertz CT molecular complexity index is 521. The van der Waals surface area contributed by atoms with Crippen molar-refractivity contribution in [3.8, 4) is 0 Å². The average molecular weight is 273 g/mol.